The monoisotopic (exact) mass is 304 g/mol. The van der Waals surface area contributed by atoms with E-state index in [-0.39, 0.29) is 5.41 Å². The van der Waals surface area contributed by atoms with Crippen LogP contribution in [-0.2, 0) is 18.2 Å². The Balaban J connectivity index is 2.23. The first-order chi connectivity index (χ1) is 9.70. The van der Waals surface area contributed by atoms with Gasteiger partial charge in [0.1, 0.15) is 0 Å². The van der Waals surface area contributed by atoms with Crippen molar-refractivity contribution in [3.8, 4) is 0 Å². The Morgan fingerprint density at radius 1 is 1.14 bits per heavy atom. The van der Waals surface area contributed by atoms with Crippen molar-refractivity contribution >= 4 is 17.7 Å². The number of nitrogens with two attached hydrogens (primary N) is 1. The molecule has 5 heteroatoms. The zero-order chi connectivity index (χ0) is 15.8. The van der Waals surface area contributed by atoms with Gasteiger partial charge >= 0.3 is 0 Å². The summed E-state index contributed by atoms with van der Waals surface area (Å²) in [4.78, 5) is 0. The largest absolute Gasteiger partial charge is 0.368 e. The smallest absolute Gasteiger partial charge is 0.222 e. The van der Waals surface area contributed by atoms with E-state index in [0.717, 1.165) is 10.9 Å². The summed E-state index contributed by atoms with van der Waals surface area (Å²) in [5.74, 6) is 1.34. The maximum atomic E-state index is 5.71. The number of nitrogens with zero attached hydrogens (tertiary/aromatic N) is 3. The first kappa shape index (κ1) is 15.9. The van der Waals surface area contributed by atoms with Crippen LogP contribution in [-0.4, -0.2) is 14.8 Å². The average Bonchev–Trinajstić information content (AvgIpc) is 2.68. The zero-order valence-corrected chi connectivity index (χ0v) is 14.5. The normalized spacial score (nSPS) is 11.9. The van der Waals surface area contributed by atoms with Gasteiger partial charge in [-0.15, -0.1) is 10.2 Å². The molecule has 1 aromatic heterocycles. The fourth-order valence-electron chi connectivity index (χ4n) is 2.24. The fourth-order valence-corrected chi connectivity index (χ4v) is 3.36. The van der Waals surface area contributed by atoms with Crippen molar-refractivity contribution in [3.05, 3.63) is 34.4 Å². The van der Waals surface area contributed by atoms with Gasteiger partial charge in [0.25, 0.3) is 0 Å². The molecular formula is C16H24N4S. The summed E-state index contributed by atoms with van der Waals surface area (Å²) >= 11 is 1.67. The van der Waals surface area contributed by atoms with Crippen LogP contribution in [0.2, 0.25) is 0 Å². The van der Waals surface area contributed by atoms with Gasteiger partial charge in [0, 0.05) is 12.8 Å². The first-order valence-corrected chi connectivity index (χ1v) is 8.07. The number of benzene rings is 1. The van der Waals surface area contributed by atoms with Crippen LogP contribution in [0.15, 0.2) is 17.3 Å². The third-order valence-corrected chi connectivity index (χ3v) is 4.82. The molecule has 1 aromatic carbocycles. The maximum absolute atomic E-state index is 5.71. The van der Waals surface area contributed by atoms with Crippen molar-refractivity contribution in [2.75, 3.05) is 5.73 Å². The highest BCUT2D eigenvalue weighted by atomic mass is 32.2. The number of nitrogen functional groups attached to an aromatic ring is 1. The number of rotatable bonds is 3. The molecule has 0 saturated carbocycles. The molecule has 0 atom stereocenters. The van der Waals surface area contributed by atoms with E-state index in [0.29, 0.717) is 5.95 Å². The number of aromatic nitrogens is 3. The highest BCUT2D eigenvalue weighted by Crippen LogP contribution is 2.30. The fraction of sp³-hybridized carbons (Fsp3) is 0.500. The van der Waals surface area contributed by atoms with E-state index < -0.39 is 0 Å². The lowest BCUT2D eigenvalue weighted by molar-refractivity contribution is 0.589. The number of thioether (sulfide) groups is 1. The van der Waals surface area contributed by atoms with Crippen molar-refractivity contribution in [1.29, 1.82) is 0 Å². The van der Waals surface area contributed by atoms with E-state index in [1.165, 1.54) is 22.3 Å². The van der Waals surface area contributed by atoms with Gasteiger partial charge in [-0.05, 0) is 41.5 Å². The topological polar surface area (TPSA) is 56.7 Å². The van der Waals surface area contributed by atoms with Crippen molar-refractivity contribution in [2.45, 2.75) is 50.9 Å². The molecule has 0 radical (unpaired) electrons. The van der Waals surface area contributed by atoms with Crippen LogP contribution in [0.5, 0.6) is 0 Å². The standard InChI is InChI=1S/C16H24N4S/c1-10-7-12(16(3,4)5)8-11(2)13(10)9-21-15-19-18-14(17)20(15)6/h7-8H,9H2,1-6H3,(H2,17,18). The summed E-state index contributed by atoms with van der Waals surface area (Å²) < 4.78 is 1.82. The maximum Gasteiger partial charge on any atom is 0.222 e. The second-order valence-corrected chi connectivity index (χ2v) is 7.47. The highest BCUT2D eigenvalue weighted by Gasteiger charge is 2.17. The van der Waals surface area contributed by atoms with Gasteiger partial charge in [-0.2, -0.15) is 0 Å². The van der Waals surface area contributed by atoms with Crippen LogP contribution in [0.25, 0.3) is 0 Å². The molecule has 2 rings (SSSR count). The van der Waals surface area contributed by atoms with Crippen LogP contribution < -0.4 is 5.73 Å². The van der Waals surface area contributed by atoms with Crippen LogP contribution >= 0.6 is 11.8 Å². The molecular weight excluding hydrogens is 280 g/mol. The lowest BCUT2D eigenvalue weighted by Crippen LogP contribution is -2.12. The molecule has 0 aliphatic carbocycles. The molecule has 0 amide bonds. The predicted molar refractivity (Wildman–Crippen MR) is 89.6 cm³/mol. The van der Waals surface area contributed by atoms with Crippen molar-refractivity contribution in [1.82, 2.24) is 14.8 Å². The van der Waals surface area contributed by atoms with Gasteiger partial charge in [-0.3, -0.25) is 4.57 Å². The first-order valence-electron chi connectivity index (χ1n) is 7.08. The number of aryl methyl sites for hydroxylation is 2. The van der Waals surface area contributed by atoms with E-state index >= 15 is 0 Å². The molecule has 114 valence electrons. The summed E-state index contributed by atoms with van der Waals surface area (Å²) in [5.41, 5.74) is 11.3. The summed E-state index contributed by atoms with van der Waals surface area (Å²) in [6, 6.07) is 4.60. The van der Waals surface area contributed by atoms with E-state index in [1.807, 2.05) is 11.6 Å². The lowest BCUT2D eigenvalue weighted by Gasteiger charge is -2.22. The summed E-state index contributed by atoms with van der Waals surface area (Å²) in [7, 11) is 1.89. The van der Waals surface area contributed by atoms with Gasteiger partial charge in [0.2, 0.25) is 5.95 Å². The Kier molecular flexibility index (Phi) is 4.33. The van der Waals surface area contributed by atoms with Gasteiger partial charge in [0.15, 0.2) is 5.16 Å². The minimum Gasteiger partial charge on any atom is -0.368 e. The number of anilines is 1. The van der Waals surface area contributed by atoms with Gasteiger partial charge in [0.05, 0.1) is 0 Å². The Hall–Kier alpha value is -1.49. The molecule has 0 saturated heterocycles. The number of hydrogen-bond acceptors (Lipinski definition) is 4. The highest BCUT2D eigenvalue weighted by molar-refractivity contribution is 7.98. The van der Waals surface area contributed by atoms with Crippen LogP contribution in [0.1, 0.15) is 43.0 Å². The molecule has 0 bridgehead atoms. The molecule has 0 aliphatic heterocycles. The second kappa shape index (κ2) is 5.72. The summed E-state index contributed by atoms with van der Waals surface area (Å²) in [6.45, 7) is 11.1. The Labute approximate surface area is 131 Å². The van der Waals surface area contributed by atoms with Gasteiger partial charge in [-0.25, -0.2) is 0 Å². The van der Waals surface area contributed by atoms with Crippen LogP contribution in [0.3, 0.4) is 0 Å². The molecule has 1 heterocycles. The minimum atomic E-state index is 0.180. The van der Waals surface area contributed by atoms with E-state index in [2.05, 4.69) is 56.9 Å². The lowest BCUT2D eigenvalue weighted by atomic mass is 9.84. The molecule has 0 spiro atoms. The predicted octanol–water partition coefficient (Wildman–Crippen LogP) is 3.60. The van der Waals surface area contributed by atoms with Crippen molar-refractivity contribution in [3.63, 3.8) is 0 Å². The van der Waals surface area contributed by atoms with E-state index in [9.17, 15) is 0 Å². The average molecular weight is 304 g/mol. The van der Waals surface area contributed by atoms with Gasteiger partial charge < -0.3 is 5.73 Å². The number of hydrogen-bond donors (Lipinski definition) is 1. The third-order valence-electron chi connectivity index (χ3n) is 3.78. The Morgan fingerprint density at radius 3 is 2.14 bits per heavy atom. The molecule has 2 aromatic rings. The molecule has 0 aliphatic rings. The van der Waals surface area contributed by atoms with E-state index in [4.69, 9.17) is 5.73 Å². The Bertz CT molecular complexity index is 630. The molecule has 0 fully saturated rings. The zero-order valence-electron chi connectivity index (χ0n) is 13.7. The van der Waals surface area contributed by atoms with Crippen LogP contribution in [0, 0.1) is 13.8 Å². The van der Waals surface area contributed by atoms with Crippen LogP contribution in [0.4, 0.5) is 5.95 Å². The third kappa shape index (κ3) is 3.40. The summed E-state index contributed by atoms with van der Waals surface area (Å²) in [6.07, 6.45) is 0. The Morgan fingerprint density at radius 2 is 1.71 bits per heavy atom. The molecule has 4 nitrogen and oxygen atoms in total. The van der Waals surface area contributed by atoms with Gasteiger partial charge in [-0.1, -0.05) is 44.7 Å². The second-order valence-electron chi connectivity index (χ2n) is 6.53. The molecule has 0 unspecified atom stereocenters. The SMILES string of the molecule is Cc1cc(C(C)(C)C)cc(C)c1CSc1nnc(N)n1C. The van der Waals surface area contributed by atoms with E-state index in [1.54, 1.807) is 11.8 Å². The van der Waals surface area contributed by atoms with Crippen molar-refractivity contribution in [2.24, 2.45) is 7.05 Å². The summed E-state index contributed by atoms with van der Waals surface area (Å²) in [5, 5.41) is 8.84. The van der Waals surface area contributed by atoms with Crippen molar-refractivity contribution < 1.29 is 0 Å². The molecule has 21 heavy (non-hydrogen) atoms. The quantitative estimate of drug-likeness (QED) is 0.880. The molecule has 2 N–H and O–H groups in total. The minimum absolute atomic E-state index is 0.180.